The second kappa shape index (κ2) is 4.86. The SMILES string of the molecule is CN(CCc1cccs1)CC(C)(N)C1CC1. The van der Waals surface area contributed by atoms with Crippen molar-refractivity contribution in [2.45, 2.75) is 31.7 Å². The molecule has 0 spiro atoms. The van der Waals surface area contributed by atoms with Crippen molar-refractivity contribution in [3.05, 3.63) is 22.4 Å². The maximum atomic E-state index is 6.33. The molecule has 3 heteroatoms. The van der Waals surface area contributed by atoms with E-state index in [9.17, 15) is 0 Å². The monoisotopic (exact) mass is 238 g/mol. The van der Waals surface area contributed by atoms with Crippen LogP contribution in [0.25, 0.3) is 0 Å². The van der Waals surface area contributed by atoms with Crippen LogP contribution in [0, 0.1) is 5.92 Å². The second-order valence-corrected chi connectivity index (χ2v) is 6.38. The first kappa shape index (κ1) is 12.1. The Labute approximate surface area is 102 Å². The van der Waals surface area contributed by atoms with E-state index in [0.717, 1.165) is 25.4 Å². The molecule has 90 valence electrons. The summed E-state index contributed by atoms with van der Waals surface area (Å²) >= 11 is 1.84. The summed E-state index contributed by atoms with van der Waals surface area (Å²) in [5.41, 5.74) is 6.35. The molecule has 0 radical (unpaired) electrons. The molecule has 1 atom stereocenters. The highest BCUT2D eigenvalue weighted by Crippen LogP contribution is 2.38. The molecule has 0 aromatic carbocycles. The highest BCUT2D eigenvalue weighted by Gasteiger charge is 2.38. The van der Waals surface area contributed by atoms with Gasteiger partial charge < -0.3 is 10.6 Å². The predicted molar refractivity (Wildman–Crippen MR) is 70.8 cm³/mol. The van der Waals surface area contributed by atoms with Gasteiger partial charge in [0.1, 0.15) is 0 Å². The van der Waals surface area contributed by atoms with E-state index < -0.39 is 0 Å². The molecular formula is C13H22N2S. The number of nitrogens with zero attached hydrogens (tertiary/aromatic N) is 1. The molecule has 0 saturated heterocycles. The molecule has 1 aliphatic carbocycles. The summed E-state index contributed by atoms with van der Waals surface area (Å²) in [6.45, 7) is 4.33. The summed E-state index contributed by atoms with van der Waals surface area (Å²) in [4.78, 5) is 3.84. The number of thiophene rings is 1. The van der Waals surface area contributed by atoms with Gasteiger partial charge in [-0.3, -0.25) is 0 Å². The minimum atomic E-state index is 0.0181. The zero-order chi connectivity index (χ0) is 11.6. The van der Waals surface area contributed by atoms with Gasteiger partial charge in [-0.15, -0.1) is 11.3 Å². The molecule has 0 amide bonds. The van der Waals surface area contributed by atoms with Crippen LogP contribution < -0.4 is 5.73 Å². The maximum Gasteiger partial charge on any atom is 0.0283 e. The molecule has 0 bridgehead atoms. The van der Waals surface area contributed by atoms with E-state index in [1.165, 1.54) is 17.7 Å². The lowest BCUT2D eigenvalue weighted by Crippen LogP contribution is -2.48. The summed E-state index contributed by atoms with van der Waals surface area (Å²) < 4.78 is 0. The van der Waals surface area contributed by atoms with Crippen molar-refractivity contribution in [2.75, 3.05) is 20.1 Å². The third-order valence-electron chi connectivity index (χ3n) is 3.44. The van der Waals surface area contributed by atoms with Crippen molar-refractivity contribution in [3.63, 3.8) is 0 Å². The Bertz CT molecular complexity index is 315. The molecule has 1 aliphatic rings. The van der Waals surface area contributed by atoms with Crippen LogP contribution in [-0.2, 0) is 6.42 Å². The van der Waals surface area contributed by atoms with Gasteiger partial charge in [-0.1, -0.05) is 6.07 Å². The molecule has 1 heterocycles. The smallest absolute Gasteiger partial charge is 0.0283 e. The van der Waals surface area contributed by atoms with Gasteiger partial charge in [-0.25, -0.2) is 0 Å². The Hall–Kier alpha value is -0.380. The van der Waals surface area contributed by atoms with Crippen LogP contribution in [0.2, 0.25) is 0 Å². The summed E-state index contributed by atoms with van der Waals surface area (Å²) in [6, 6.07) is 4.33. The van der Waals surface area contributed by atoms with Crippen molar-refractivity contribution in [1.82, 2.24) is 4.90 Å². The third kappa shape index (κ3) is 3.30. The van der Waals surface area contributed by atoms with Crippen LogP contribution in [0.1, 0.15) is 24.6 Å². The van der Waals surface area contributed by atoms with Gasteiger partial charge in [0.15, 0.2) is 0 Å². The fourth-order valence-corrected chi connectivity index (χ4v) is 2.99. The lowest BCUT2D eigenvalue weighted by Gasteiger charge is -2.30. The Balaban J connectivity index is 1.73. The first-order chi connectivity index (χ1) is 7.58. The van der Waals surface area contributed by atoms with E-state index in [1.54, 1.807) is 0 Å². The molecule has 1 saturated carbocycles. The van der Waals surface area contributed by atoms with E-state index in [1.807, 2.05) is 11.3 Å². The third-order valence-corrected chi connectivity index (χ3v) is 4.38. The fourth-order valence-electron chi connectivity index (χ4n) is 2.29. The Morgan fingerprint density at radius 3 is 2.88 bits per heavy atom. The van der Waals surface area contributed by atoms with Gasteiger partial charge >= 0.3 is 0 Å². The van der Waals surface area contributed by atoms with Gasteiger partial charge in [0.05, 0.1) is 0 Å². The van der Waals surface area contributed by atoms with Crippen LogP contribution in [0.5, 0.6) is 0 Å². The molecule has 1 unspecified atom stereocenters. The van der Waals surface area contributed by atoms with Gasteiger partial charge in [-0.05, 0) is 50.6 Å². The van der Waals surface area contributed by atoms with E-state index in [2.05, 4.69) is 36.4 Å². The van der Waals surface area contributed by atoms with Gasteiger partial charge in [0.25, 0.3) is 0 Å². The highest BCUT2D eigenvalue weighted by atomic mass is 32.1. The average Bonchev–Trinajstić information content (AvgIpc) is 2.94. The first-order valence-corrected chi connectivity index (χ1v) is 6.96. The number of likely N-dealkylation sites (N-methyl/N-ethyl adjacent to an activating group) is 1. The topological polar surface area (TPSA) is 29.3 Å². The lowest BCUT2D eigenvalue weighted by atomic mass is 9.97. The van der Waals surface area contributed by atoms with Crippen molar-refractivity contribution in [3.8, 4) is 0 Å². The minimum absolute atomic E-state index is 0.0181. The van der Waals surface area contributed by atoms with Crippen molar-refractivity contribution >= 4 is 11.3 Å². The molecule has 2 rings (SSSR count). The maximum absolute atomic E-state index is 6.33. The van der Waals surface area contributed by atoms with Crippen LogP contribution in [0.3, 0.4) is 0 Å². The van der Waals surface area contributed by atoms with Gasteiger partial charge in [0, 0.05) is 23.5 Å². The Morgan fingerprint density at radius 2 is 2.31 bits per heavy atom. The van der Waals surface area contributed by atoms with E-state index in [4.69, 9.17) is 5.73 Å². The lowest BCUT2D eigenvalue weighted by molar-refractivity contribution is 0.241. The van der Waals surface area contributed by atoms with Crippen molar-refractivity contribution < 1.29 is 0 Å². The van der Waals surface area contributed by atoms with Gasteiger partial charge in [0.2, 0.25) is 0 Å². The molecule has 2 nitrogen and oxygen atoms in total. The second-order valence-electron chi connectivity index (χ2n) is 5.35. The van der Waals surface area contributed by atoms with Gasteiger partial charge in [-0.2, -0.15) is 0 Å². The minimum Gasteiger partial charge on any atom is -0.324 e. The number of rotatable bonds is 6. The normalized spacial score (nSPS) is 20.0. The molecule has 16 heavy (non-hydrogen) atoms. The molecule has 1 aromatic rings. The molecule has 2 N–H and O–H groups in total. The zero-order valence-corrected chi connectivity index (χ0v) is 11.1. The average molecular weight is 238 g/mol. The predicted octanol–water partition coefficient (Wildman–Crippen LogP) is 2.35. The highest BCUT2D eigenvalue weighted by molar-refractivity contribution is 7.09. The first-order valence-electron chi connectivity index (χ1n) is 6.08. The summed E-state index contributed by atoms with van der Waals surface area (Å²) in [5.74, 6) is 0.761. The Kier molecular flexibility index (Phi) is 3.67. The molecule has 1 aromatic heterocycles. The molecular weight excluding hydrogens is 216 g/mol. The van der Waals surface area contributed by atoms with Crippen LogP contribution in [0.4, 0.5) is 0 Å². The van der Waals surface area contributed by atoms with E-state index in [-0.39, 0.29) is 5.54 Å². The van der Waals surface area contributed by atoms with Crippen LogP contribution >= 0.6 is 11.3 Å². The largest absolute Gasteiger partial charge is 0.324 e. The number of nitrogens with two attached hydrogens (primary N) is 1. The number of hydrogen-bond acceptors (Lipinski definition) is 3. The van der Waals surface area contributed by atoms with Crippen molar-refractivity contribution in [2.24, 2.45) is 11.7 Å². The molecule has 1 fully saturated rings. The zero-order valence-electron chi connectivity index (χ0n) is 10.3. The fraction of sp³-hybridized carbons (Fsp3) is 0.692. The molecule has 0 aliphatic heterocycles. The van der Waals surface area contributed by atoms with E-state index in [0.29, 0.717) is 0 Å². The van der Waals surface area contributed by atoms with Crippen LogP contribution in [-0.4, -0.2) is 30.6 Å². The summed E-state index contributed by atoms with van der Waals surface area (Å²) in [5, 5.41) is 2.15. The van der Waals surface area contributed by atoms with Crippen LogP contribution in [0.15, 0.2) is 17.5 Å². The summed E-state index contributed by atoms with van der Waals surface area (Å²) in [7, 11) is 2.18. The van der Waals surface area contributed by atoms with E-state index >= 15 is 0 Å². The summed E-state index contributed by atoms with van der Waals surface area (Å²) in [6.07, 6.45) is 3.80. The van der Waals surface area contributed by atoms with Crippen molar-refractivity contribution in [1.29, 1.82) is 0 Å². The quantitative estimate of drug-likeness (QED) is 0.824. The number of hydrogen-bond donors (Lipinski definition) is 1. The Morgan fingerprint density at radius 1 is 1.56 bits per heavy atom. The standard InChI is InChI=1S/C13H22N2S/c1-13(14,11-5-6-11)10-15(2)8-7-12-4-3-9-16-12/h3-4,9,11H,5-8,10,14H2,1-2H3.